The van der Waals surface area contributed by atoms with Crippen LogP contribution in [0.25, 0.3) is 10.4 Å². The highest BCUT2D eigenvalue weighted by molar-refractivity contribution is 5.82. The maximum Gasteiger partial charge on any atom is 0.231 e. The number of carbonyl (C=O) groups excluding carboxylic acids is 1. The Kier molecular flexibility index (Phi) is 6.65. The molecule has 0 aliphatic carbocycles. The number of rotatable bonds is 8. The summed E-state index contributed by atoms with van der Waals surface area (Å²) in [6.07, 6.45) is 0. The number of azide groups is 1. The van der Waals surface area contributed by atoms with Crippen molar-refractivity contribution in [2.24, 2.45) is 5.11 Å². The van der Waals surface area contributed by atoms with Gasteiger partial charge in [0.1, 0.15) is 6.04 Å². The van der Waals surface area contributed by atoms with Crippen molar-refractivity contribution in [3.63, 3.8) is 0 Å². The zero-order valence-corrected chi connectivity index (χ0v) is 12.6. The molecule has 0 heterocycles. The third kappa shape index (κ3) is 5.82. The Balaban J connectivity index is 1.82. The van der Waals surface area contributed by atoms with Gasteiger partial charge in [0.25, 0.3) is 0 Å². The van der Waals surface area contributed by atoms with E-state index in [9.17, 15) is 4.79 Å². The molecule has 0 aliphatic heterocycles. The number of benzene rings is 2. The monoisotopic (exact) mass is 310 g/mol. The first-order chi connectivity index (χ1) is 11.3. The lowest BCUT2D eigenvalue weighted by atomic mass is 10.2. The molecule has 23 heavy (non-hydrogen) atoms. The van der Waals surface area contributed by atoms with E-state index in [1.54, 1.807) is 0 Å². The van der Waals surface area contributed by atoms with Gasteiger partial charge in [0.15, 0.2) is 0 Å². The summed E-state index contributed by atoms with van der Waals surface area (Å²) in [7, 11) is 0. The average Bonchev–Trinajstić information content (AvgIpc) is 2.61. The summed E-state index contributed by atoms with van der Waals surface area (Å²) in [6.45, 7) is 0.791. The highest BCUT2D eigenvalue weighted by atomic mass is 16.5. The van der Waals surface area contributed by atoms with Crippen molar-refractivity contribution in [2.45, 2.75) is 19.2 Å². The number of carbonyl (C=O) groups is 1. The van der Waals surface area contributed by atoms with Gasteiger partial charge in [0.2, 0.25) is 5.91 Å². The van der Waals surface area contributed by atoms with Gasteiger partial charge in [-0.2, -0.15) is 0 Å². The summed E-state index contributed by atoms with van der Waals surface area (Å²) in [6, 6.07) is 18.2. The van der Waals surface area contributed by atoms with Crippen LogP contribution in [-0.4, -0.2) is 18.6 Å². The molecule has 1 amide bonds. The maximum absolute atomic E-state index is 12.1. The van der Waals surface area contributed by atoms with E-state index in [2.05, 4.69) is 15.3 Å². The molecule has 0 aliphatic rings. The number of amides is 1. The summed E-state index contributed by atoms with van der Waals surface area (Å²) >= 11 is 0. The Morgan fingerprint density at radius 2 is 1.70 bits per heavy atom. The zero-order chi connectivity index (χ0) is 16.3. The fourth-order valence-corrected chi connectivity index (χ4v) is 1.99. The van der Waals surface area contributed by atoms with Crippen LogP contribution in [0.2, 0.25) is 0 Å². The fourth-order valence-electron chi connectivity index (χ4n) is 1.99. The van der Waals surface area contributed by atoms with Crippen molar-refractivity contribution >= 4 is 5.91 Å². The Morgan fingerprint density at radius 3 is 2.30 bits per heavy atom. The Morgan fingerprint density at radius 1 is 1.09 bits per heavy atom. The molecule has 1 unspecified atom stereocenters. The SMILES string of the molecule is [N-]=[N+]=NC(COCc1ccccc1)C(=O)NCc1ccccc1. The molecule has 2 aromatic carbocycles. The van der Waals surface area contributed by atoms with Crippen molar-refractivity contribution in [1.29, 1.82) is 0 Å². The molecule has 2 rings (SSSR count). The summed E-state index contributed by atoms with van der Waals surface area (Å²) < 4.78 is 5.48. The van der Waals surface area contributed by atoms with Crippen LogP contribution in [-0.2, 0) is 22.7 Å². The lowest BCUT2D eigenvalue weighted by molar-refractivity contribution is -0.123. The molecule has 0 bridgehead atoms. The van der Waals surface area contributed by atoms with Gasteiger partial charge < -0.3 is 10.1 Å². The topological polar surface area (TPSA) is 87.1 Å². The van der Waals surface area contributed by atoms with E-state index in [4.69, 9.17) is 10.3 Å². The minimum absolute atomic E-state index is 0.0412. The van der Waals surface area contributed by atoms with Crippen molar-refractivity contribution in [2.75, 3.05) is 6.61 Å². The molecule has 0 spiro atoms. The quantitative estimate of drug-likeness (QED) is 0.461. The van der Waals surface area contributed by atoms with Gasteiger partial charge in [-0.3, -0.25) is 4.79 Å². The van der Waals surface area contributed by atoms with Crippen LogP contribution in [0.15, 0.2) is 65.8 Å². The second-order valence-corrected chi connectivity index (χ2v) is 4.92. The number of nitrogens with zero attached hydrogens (tertiary/aromatic N) is 3. The predicted molar refractivity (Wildman–Crippen MR) is 87.3 cm³/mol. The first kappa shape index (κ1) is 16.5. The molecule has 2 aromatic rings. The van der Waals surface area contributed by atoms with Gasteiger partial charge in [-0.15, -0.1) is 0 Å². The van der Waals surface area contributed by atoms with Crippen LogP contribution >= 0.6 is 0 Å². The van der Waals surface area contributed by atoms with Gasteiger partial charge in [0.05, 0.1) is 13.2 Å². The van der Waals surface area contributed by atoms with Gasteiger partial charge >= 0.3 is 0 Å². The smallest absolute Gasteiger partial charge is 0.231 e. The van der Waals surface area contributed by atoms with E-state index in [1.807, 2.05) is 60.7 Å². The second-order valence-electron chi connectivity index (χ2n) is 4.92. The van der Waals surface area contributed by atoms with Crippen molar-refractivity contribution in [3.8, 4) is 0 Å². The Labute approximate surface area is 134 Å². The molecule has 0 fully saturated rings. The lowest BCUT2D eigenvalue weighted by Gasteiger charge is -2.12. The molecule has 0 saturated heterocycles. The van der Waals surface area contributed by atoms with E-state index >= 15 is 0 Å². The minimum atomic E-state index is -0.882. The van der Waals surface area contributed by atoms with E-state index < -0.39 is 6.04 Å². The summed E-state index contributed by atoms with van der Waals surface area (Å²) in [5, 5.41) is 6.26. The average molecular weight is 310 g/mol. The number of hydrogen-bond acceptors (Lipinski definition) is 3. The summed E-state index contributed by atoms with van der Waals surface area (Å²) in [5.41, 5.74) is 10.6. The fraction of sp³-hybridized carbons (Fsp3) is 0.235. The van der Waals surface area contributed by atoms with Crippen LogP contribution in [0.5, 0.6) is 0 Å². The van der Waals surface area contributed by atoms with Crippen LogP contribution in [0.3, 0.4) is 0 Å². The molecule has 118 valence electrons. The van der Waals surface area contributed by atoms with Crippen LogP contribution in [0.4, 0.5) is 0 Å². The predicted octanol–water partition coefficient (Wildman–Crippen LogP) is 3.20. The molecule has 0 saturated carbocycles. The highest BCUT2D eigenvalue weighted by Gasteiger charge is 2.16. The minimum Gasteiger partial charge on any atom is -0.376 e. The van der Waals surface area contributed by atoms with E-state index in [0.29, 0.717) is 13.2 Å². The molecular formula is C17H18N4O2. The third-order valence-corrected chi connectivity index (χ3v) is 3.19. The largest absolute Gasteiger partial charge is 0.376 e. The van der Waals surface area contributed by atoms with Gasteiger partial charge in [-0.25, -0.2) is 0 Å². The number of ether oxygens (including phenoxy) is 1. The van der Waals surface area contributed by atoms with Gasteiger partial charge in [-0.1, -0.05) is 65.8 Å². The summed E-state index contributed by atoms with van der Waals surface area (Å²) in [5.74, 6) is -0.347. The molecule has 6 nitrogen and oxygen atoms in total. The maximum atomic E-state index is 12.1. The normalized spacial score (nSPS) is 11.3. The molecular weight excluding hydrogens is 292 g/mol. The molecule has 1 atom stereocenters. The van der Waals surface area contributed by atoms with Crippen LogP contribution < -0.4 is 5.32 Å². The first-order valence-electron chi connectivity index (χ1n) is 7.27. The zero-order valence-electron chi connectivity index (χ0n) is 12.6. The Hall–Kier alpha value is -2.82. The lowest BCUT2D eigenvalue weighted by Crippen LogP contribution is -2.35. The van der Waals surface area contributed by atoms with Gasteiger partial charge in [-0.05, 0) is 16.7 Å². The van der Waals surface area contributed by atoms with Crippen LogP contribution in [0, 0.1) is 0 Å². The van der Waals surface area contributed by atoms with E-state index in [0.717, 1.165) is 11.1 Å². The van der Waals surface area contributed by atoms with Crippen molar-refractivity contribution in [1.82, 2.24) is 5.32 Å². The number of hydrogen-bond donors (Lipinski definition) is 1. The second kappa shape index (κ2) is 9.25. The molecule has 0 radical (unpaired) electrons. The highest BCUT2D eigenvalue weighted by Crippen LogP contribution is 2.03. The van der Waals surface area contributed by atoms with Gasteiger partial charge in [0, 0.05) is 11.5 Å². The Bertz CT molecular complexity index is 655. The molecule has 0 aromatic heterocycles. The van der Waals surface area contributed by atoms with E-state index in [1.165, 1.54) is 0 Å². The van der Waals surface area contributed by atoms with Crippen molar-refractivity contribution < 1.29 is 9.53 Å². The van der Waals surface area contributed by atoms with E-state index in [-0.39, 0.29) is 12.5 Å². The van der Waals surface area contributed by atoms with Crippen LogP contribution in [0.1, 0.15) is 11.1 Å². The number of nitrogens with one attached hydrogen (secondary N) is 1. The third-order valence-electron chi connectivity index (χ3n) is 3.19. The first-order valence-corrected chi connectivity index (χ1v) is 7.27. The molecule has 1 N–H and O–H groups in total. The molecule has 6 heteroatoms. The van der Waals surface area contributed by atoms with Crippen molar-refractivity contribution in [3.05, 3.63) is 82.2 Å². The summed E-state index contributed by atoms with van der Waals surface area (Å²) in [4.78, 5) is 14.8. The standard InChI is InChI=1S/C17H18N4O2/c18-21-20-16(13-23-12-15-9-5-2-6-10-15)17(22)19-11-14-7-3-1-4-8-14/h1-10,16H,11-13H2,(H,19,22).